The van der Waals surface area contributed by atoms with Crippen molar-refractivity contribution in [3.63, 3.8) is 0 Å². The van der Waals surface area contributed by atoms with Crippen molar-refractivity contribution in [3.05, 3.63) is 6.07 Å². The minimum absolute atomic E-state index is 0.433. The summed E-state index contributed by atoms with van der Waals surface area (Å²) in [5.41, 5.74) is -2.45. The molecule has 1 radical (unpaired) electrons. The van der Waals surface area contributed by atoms with E-state index in [1.165, 1.54) is 0 Å². The zero-order valence-electron chi connectivity index (χ0n) is 22.5. The number of hydrogen-bond donors (Lipinski definition) is 0. The Morgan fingerprint density at radius 3 is 0.806 bits per heavy atom. The molecule has 31 heavy (non-hydrogen) atoms. The van der Waals surface area contributed by atoms with Gasteiger partial charge in [-0.05, 0) is 104 Å². The highest BCUT2D eigenvalue weighted by Gasteiger charge is 2.35. The van der Waals surface area contributed by atoms with Crippen LogP contribution in [-0.2, 0) is 0 Å². The molecule has 0 aliphatic heterocycles. The van der Waals surface area contributed by atoms with Crippen molar-refractivity contribution in [1.29, 1.82) is 0 Å². The molecule has 179 valence electrons. The molecule has 0 N–H and O–H groups in total. The average molecular weight is 438 g/mol. The van der Waals surface area contributed by atoms with Crippen LogP contribution in [0.3, 0.4) is 0 Å². The van der Waals surface area contributed by atoms with Crippen LogP contribution in [0, 0.1) is 6.07 Å². The Balaban J connectivity index is 4.01. The predicted molar refractivity (Wildman–Crippen MR) is 127 cm³/mol. The van der Waals surface area contributed by atoms with Crippen LogP contribution in [0.5, 0.6) is 28.7 Å². The third-order valence-electron chi connectivity index (χ3n) is 3.09. The smallest absolute Gasteiger partial charge is 0.212 e. The highest BCUT2D eigenvalue weighted by atomic mass is 16.6. The molecule has 5 nitrogen and oxygen atoms in total. The number of ether oxygens (including phenoxy) is 5. The van der Waals surface area contributed by atoms with Crippen molar-refractivity contribution >= 4 is 0 Å². The van der Waals surface area contributed by atoms with E-state index >= 15 is 0 Å². The molecule has 1 aromatic rings. The zero-order valence-corrected chi connectivity index (χ0v) is 22.5. The molecule has 0 bridgehead atoms. The van der Waals surface area contributed by atoms with Crippen molar-refractivity contribution in [3.8, 4) is 28.7 Å². The summed E-state index contributed by atoms with van der Waals surface area (Å²) in [6, 6.07) is 3.29. The second-order valence-electron chi connectivity index (χ2n) is 12.8. The quantitative estimate of drug-likeness (QED) is 0.481. The third kappa shape index (κ3) is 10.4. The van der Waals surface area contributed by atoms with Gasteiger partial charge in [-0.15, -0.1) is 0 Å². The Hall–Kier alpha value is -1.78. The molecule has 1 aromatic carbocycles. The SMILES string of the molecule is CC(C)(C)Oc1[c]c(OC(C)(C)C)c(OC(C)(C)C)c(OC(C)(C)C)c1OC(C)(C)C. The lowest BCUT2D eigenvalue weighted by Crippen LogP contribution is -2.31. The maximum absolute atomic E-state index is 6.44. The zero-order chi connectivity index (χ0) is 24.6. The van der Waals surface area contributed by atoms with E-state index in [1.807, 2.05) is 104 Å². The van der Waals surface area contributed by atoms with Gasteiger partial charge >= 0.3 is 0 Å². The summed E-state index contributed by atoms with van der Waals surface area (Å²) in [7, 11) is 0. The van der Waals surface area contributed by atoms with Crippen LogP contribution in [0.4, 0.5) is 0 Å². The van der Waals surface area contributed by atoms with E-state index in [0.29, 0.717) is 28.7 Å². The van der Waals surface area contributed by atoms with Crippen LogP contribution in [0.25, 0.3) is 0 Å². The fourth-order valence-electron chi connectivity index (χ4n) is 2.48. The molecule has 0 saturated carbocycles. The van der Waals surface area contributed by atoms with E-state index in [0.717, 1.165) is 0 Å². The number of benzene rings is 1. The third-order valence-corrected chi connectivity index (χ3v) is 3.09. The summed E-state index contributed by atoms with van der Waals surface area (Å²) in [5.74, 6) is 2.23. The van der Waals surface area contributed by atoms with Crippen LogP contribution < -0.4 is 23.7 Å². The first kappa shape index (κ1) is 27.3. The van der Waals surface area contributed by atoms with Crippen molar-refractivity contribution in [1.82, 2.24) is 0 Å². The molecule has 1 rings (SSSR count). The Bertz CT molecular complexity index is 691. The summed E-state index contributed by atoms with van der Waals surface area (Å²) in [5, 5.41) is 0. The van der Waals surface area contributed by atoms with Crippen LogP contribution in [0.15, 0.2) is 0 Å². The maximum atomic E-state index is 6.44. The van der Waals surface area contributed by atoms with Crippen molar-refractivity contribution < 1.29 is 23.7 Å². The second-order valence-corrected chi connectivity index (χ2v) is 12.8. The molecule has 0 atom stereocenters. The first-order chi connectivity index (χ1) is 13.5. The second kappa shape index (κ2) is 8.63. The van der Waals surface area contributed by atoms with E-state index in [1.54, 1.807) is 0 Å². The molecular weight excluding hydrogens is 392 g/mol. The highest BCUT2D eigenvalue weighted by Crippen LogP contribution is 2.54. The lowest BCUT2D eigenvalue weighted by Gasteiger charge is -2.34. The van der Waals surface area contributed by atoms with Gasteiger partial charge in [-0.25, -0.2) is 0 Å². The van der Waals surface area contributed by atoms with Gasteiger partial charge in [-0.3, -0.25) is 0 Å². The van der Waals surface area contributed by atoms with Crippen molar-refractivity contribution in [2.45, 2.75) is 132 Å². The Labute approximate surface area is 190 Å². The summed E-state index contributed by atoms with van der Waals surface area (Å²) in [6.07, 6.45) is 0. The van der Waals surface area contributed by atoms with Crippen molar-refractivity contribution in [2.75, 3.05) is 0 Å². The van der Waals surface area contributed by atoms with Crippen molar-refractivity contribution in [2.24, 2.45) is 0 Å². The minimum atomic E-state index is -0.509. The van der Waals surface area contributed by atoms with E-state index in [4.69, 9.17) is 23.7 Å². The van der Waals surface area contributed by atoms with Crippen LogP contribution in [0.2, 0.25) is 0 Å². The molecule has 0 unspecified atom stereocenters. The average Bonchev–Trinajstić information content (AvgIpc) is 2.39. The van der Waals surface area contributed by atoms with Gasteiger partial charge in [0.1, 0.15) is 28.0 Å². The fourth-order valence-corrected chi connectivity index (χ4v) is 2.48. The molecule has 0 aliphatic rings. The van der Waals surface area contributed by atoms with Crippen LogP contribution in [-0.4, -0.2) is 28.0 Å². The predicted octanol–water partition coefficient (Wildman–Crippen LogP) is 7.37. The summed E-state index contributed by atoms with van der Waals surface area (Å²) >= 11 is 0. The molecule has 0 heterocycles. The van der Waals surface area contributed by atoms with Gasteiger partial charge in [0.05, 0.1) is 6.07 Å². The van der Waals surface area contributed by atoms with Gasteiger partial charge in [0.2, 0.25) is 17.2 Å². The van der Waals surface area contributed by atoms with Crippen LogP contribution in [0.1, 0.15) is 104 Å². The van der Waals surface area contributed by atoms with E-state index in [9.17, 15) is 0 Å². The molecule has 0 spiro atoms. The summed E-state index contributed by atoms with van der Waals surface area (Å²) in [4.78, 5) is 0. The standard InChI is InChI=1S/C26H45O5/c1-22(2,3)27-17-16-18(28-23(4,5)6)20(30-25(10,11)12)21(31-26(13,14)15)19(17)29-24(7,8)9/h1-15H3. The van der Waals surface area contributed by atoms with Gasteiger partial charge in [-0.2, -0.15) is 0 Å². The Morgan fingerprint density at radius 2 is 0.581 bits per heavy atom. The molecule has 5 heteroatoms. The Kier molecular flexibility index (Phi) is 7.59. The number of hydrogen-bond acceptors (Lipinski definition) is 5. The first-order valence-electron chi connectivity index (χ1n) is 11.0. The normalized spacial score (nSPS) is 13.6. The fraction of sp³-hybridized carbons (Fsp3) is 0.769. The van der Waals surface area contributed by atoms with Gasteiger partial charge in [-0.1, -0.05) is 0 Å². The largest absolute Gasteiger partial charge is 0.483 e. The lowest BCUT2D eigenvalue weighted by atomic mass is 10.1. The van der Waals surface area contributed by atoms with E-state index < -0.39 is 28.0 Å². The van der Waals surface area contributed by atoms with Gasteiger partial charge in [0.15, 0.2) is 11.5 Å². The van der Waals surface area contributed by atoms with E-state index in [-0.39, 0.29) is 0 Å². The molecular formula is C26H45O5. The van der Waals surface area contributed by atoms with Gasteiger partial charge in [0, 0.05) is 0 Å². The minimum Gasteiger partial charge on any atom is -0.483 e. The highest BCUT2D eigenvalue weighted by molar-refractivity contribution is 5.66. The molecule has 0 amide bonds. The molecule has 0 fully saturated rings. The molecule has 0 saturated heterocycles. The van der Waals surface area contributed by atoms with Gasteiger partial charge < -0.3 is 23.7 Å². The summed E-state index contributed by atoms with van der Waals surface area (Å²) < 4.78 is 31.8. The topological polar surface area (TPSA) is 46.2 Å². The monoisotopic (exact) mass is 437 g/mol. The first-order valence-corrected chi connectivity index (χ1v) is 11.0. The van der Waals surface area contributed by atoms with Crippen LogP contribution >= 0.6 is 0 Å². The van der Waals surface area contributed by atoms with E-state index in [2.05, 4.69) is 6.07 Å². The summed E-state index contributed by atoms with van der Waals surface area (Å²) in [6.45, 7) is 29.8. The maximum Gasteiger partial charge on any atom is 0.212 e. The molecule has 0 aromatic heterocycles. The molecule has 0 aliphatic carbocycles. The number of rotatable bonds is 5. The lowest BCUT2D eigenvalue weighted by molar-refractivity contribution is 0.0571. The Morgan fingerprint density at radius 1 is 0.355 bits per heavy atom. The van der Waals surface area contributed by atoms with Gasteiger partial charge in [0.25, 0.3) is 0 Å².